The van der Waals surface area contributed by atoms with Crippen molar-refractivity contribution in [3.05, 3.63) is 122 Å². The van der Waals surface area contributed by atoms with Crippen LogP contribution in [0.4, 0.5) is 0 Å². The van der Waals surface area contributed by atoms with E-state index in [1.165, 1.54) is 0 Å². The van der Waals surface area contributed by atoms with Gasteiger partial charge in [-0.3, -0.25) is 4.79 Å². The number of aromatic nitrogens is 2. The number of nitrogens with zero attached hydrogens (tertiary/aromatic N) is 2. The van der Waals surface area contributed by atoms with Crippen LogP contribution in [0.2, 0.25) is 5.02 Å². The monoisotopic (exact) mass is 650 g/mol. The molecule has 0 atom stereocenters. The van der Waals surface area contributed by atoms with Crippen molar-refractivity contribution in [2.75, 3.05) is 0 Å². The lowest BCUT2D eigenvalue weighted by atomic mass is 10.0. The van der Waals surface area contributed by atoms with Gasteiger partial charge in [-0.1, -0.05) is 79.9 Å². The molecule has 0 bridgehead atoms. The summed E-state index contributed by atoms with van der Waals surface area (Å²) < 4.78 is 10.0. The van der Waals surface area contributed by atoms with Gasteiger partial charge in [-0.25, -0.2) is 4.68 Å². The second kappa shape index (κ2) is 11.6. The van der Waals surface area contributed by atoms with E-state index >= 15 is 0 Å². The Balaban J connectivity index is 1.63. The molecule has 0 saturated carbocycles. The van der Waals surface area contributed by atoms with Crippen molar-refractivity contribution >= 4 is 49.4 Å². The smallest absolute Gasteiger partial charge is 0.307 e. The van der Waals surface area contributed by atoms with Crippen molar-refractivity contribution in [3.63, 3.8) is 0 Å². The Hall–Kier alpha value is -3.39. The summed E-state index contributed by atoms with van der Waals surface area (Å²) in [5.74, 6) is -0.306. The minimum atomic E-state index is -0.904. The molecule has 0 amide bonds. The fourth-order valence-electron chi connectivity index (χ4n) is 4.12. The summed E-state index contributed by atoms with van der Waals surface area (Å²) in [6.07, 6.45) is -0.104. The Labute approximate surface area is 241 Å². The highest BCUT2D eigenvalue weighted by molar-refractivity contribution is 9.10. The molecular formula is C30H21Br2ClN2O3. The summed E-state index contributed by atoms with van der Waals surface area (Å²) in [6, 6.07) is 30.8. The average Bonchev–Trinajstić information content (AvgIpc) is 3.33. The Morgan fingerprint density at radius 3 is 2.39 bits per heavy atom. The molecule has 5 aromatic rings. The third-order valence-corrected chi connectivity index (χ3v) is 7.12. The van der Waals surface area contributed by atoms with E-state index in [0.717, 1.165) is 31.5 Å². The summed E-state index contributed by atoms with van der Waals surface area (Å²) in [4.78, 5) is 11.5. The number of hydrogen-bond acceptors (Lipinski definition) is 3. The third kappa shape index (κ3) is 6.18. The first-order valence-corrected chi connectivity index (χ1v) is 13.7. The molecule has 0 radical (unpaired) electrons. The zero-order valence-corrected chi connectivity index (χ0v) is 23.9. The maximum atomic E-state index is 11.5. The maximum absolute atomic E-state index is 11.5. The second-order valence-corrected chi connectivity index (χ2v) is 10.9. The molecular weight excluding hydrogens is 632 g/mol. The maximum Gasteiger partial charge on any atom is 0.307 e. The fraction of sp³-hybridized carbons (Fsp3) is 0.0667. The molecule has 0 spiro atoms. The van der Waals surface area contributed by atoms with Gasteiger partial charge in [0.1, 0.15) is 12.4 Å². The van der Waals surface area contributed by atoms with Crippen molar-refractivity contribution in [3.8, 4) is 34.0 Å². The fourth-order valence-corrected chi connectivity index (χ4v) is 4.98. The number of rotatable bonds is 8. The SMILES string of the molecule is O=C(O)Cc1ccc(OCc2cccc(Cl)c2)c(-c2cc(-c3ccc(Br)cc3)n(-c3cccc(Br)c3)n2)c1. The zero-order chi connectivity index (χ0) is 26.6. The van der Waals surface area contributed by atoms with Crippen molar-refractivity contribution in [1.82, 2.24) is 9.78 Å². The summed E-state index contributed by atoms with van der Waals surface area (Å²) in [7, 11) is 0. The van der Waals surface area contributed by atoms with Crippen molar-refractivity contribution in [2.24, 2.45) is 0 Å². The molecule has 0 aliphatic rings. The number of carboxylic acid groups (broad SMARTS) is 1. The normalized spacial score (nSPS) is 10.9. The van der Waals surface area contributed by atoms with Crippen LogP contribution in [0.3, 0.4) is 0 Å². The third-order valence-electron chi connectivity index (χ3n) is 5.86. The van der Waals surface area contributed by atoms with Crippen molar-refractivity contribution in [2.45, 2.75) is 13.0 Å². The number of halogens is 3. The van der Waals surface area contributed by atoms with Gasteiger partial charge in [0, 0.05) is 25.1 Å². The van der Waals surface area contributed by atoms with Gasteiger partial charge in [0.25, 0.3) is 0 Å². The largest absolute Gasteiger partial charge is 0.488 e. The van der Waals surface area contributed by atoms with Crippen LogP contribution in [-0.2, 0) is 17.8 Å². The Kier molecular flexibility index (Phi) is 7.98. The van der Waals surface area contributed by atoms with E-state index in [2.05, 4.69) is 31.9 Å². The summed E-state index contributed by atoms with van der Waals surface area (Å²) in [5, 5.41) is 15.0. The highest BCUT2D eigenvalue weighted by Gasteiger charge is 2.18. The summed E-state index contributed by atoms with van der Waals surface area (Å²) in [6.45, 7) is 0.303. The van der Waals surface area contributed by atoms with Crippen LogP contribution >= 0.6 is 43.5 Å². The van der Waals surface area contributed by atoms with E-state index < -0.39 is 5.97 Å². The quantitative estimate of drug-likeness (QED) is 0.182. The number of benzene rings is 4. The topological polar surface area (TPSA) is 64.3 Å². The van der Waals surface area contributed by atoms with Gasteiger partial charge in [-0.2, -0.15) is 5.10 Å². The second-order valence-electron chi connectivity index (χ2n) is 8.63. The Bertz CT molecular complexity index is 1620. The van der Waals surface area contributed by atoms with Gasteiger partial charge in [0.15, 0.2) is 0 Å². The molecule has 0 saturated heterocycles. The van der Waals surface area contributed by atoms with Crippen LogP contribution in [0.5, 0.6) is 5.75 Å². The Morgan fingerprint density at radius 1 is 0.868 bits per heavy atom. The first-order chi connectivity index (χ1) is 18.4. The minimum absolute atomic E-state index is 0.104. The number of carboxylic acids is 1. The molecule has 38 heavy (non-hydrogen) atoms. The molecule has 4 aromatic carbocycles. The van der Waals surface area contributed by atoms with Gasteiger partial charge in [0.2, 0.25) is 0 Å². The molecule has 1 aromatic heterocycles. The number of ether oxygens (including phenoxy) is 1. The molecule has 0 aliphatic heterocycles. The molecule has 0 fully saturated rings. The zero-order valence-electron chi connectivity index (χ0n) is 19.9. The van der Waals surface area contributed by atoms with Gasteiger partial charge in [-0.15, -0.1) is 0 Å². The lowest BCUT2D eigenvalue weighted by Gasteiger charge is -2.12. The lowest BCUT2D eigenvalue weighted by Crippen LogP contribution is -2.03. The van der Waals surface area contributed by atoms with Gasteiger partial charge in [0.05, 0.1) is 23.5 Å². The van der Waals surface area contributed by atoms with Crippen LogP contribution in [0, 0.1) is 0 Å². The number of carbonyl (C=O) groups is 1. The predicted octanol–water partition coefficient (Wildman–Crippen LogP) is 8.59. The van der Waals surface area contributed by atoms with Crippen LogP contribution in [0.15, 0.2) is 106 Å². The first-order valence-electron chi connectivity index (χ1n) is 11.7. The standard InChI is InChI=1S/C30H21Br2ClN2O3/c31-22-10-8-21(9-11-22)28-17-27(34-35(28)25-6-2-4-23(32)16-25)26-14-19(15-30(36)37)7-12-29(26)38-18-20-3-1-5-24(33)13-20/h1-14,16-17H,15,18H2,(H,36,37). The van der Waals surface area contributed by atoms with Gasteiger partial charge in [-0.05, 0) is 71.8 Å². The van der Waals surface area contributed by atoms with Crippen molar-refractivity contribution in [1.29, 1.82) is 0 Å². The van der Waals surface area contributed by atoms with E-state index in [1.54, 1.807) is 12.1 Å². The molecule has 0 unspecified atom stereocenters. The molecule has 1 N–H and O–H groups in total. The first kappa shape index (κ1) is 26.2. The minimum Gasteiger partial charge on any atom is -0.488 e. The molecule has 190 valence electrons. The lowest BCUT2D eigenvalue weighted by molar-refractivity contribution is -0.136. The molecule has 1 heterocycles. The van der Waals surface area contributed by atoms with Crippen LogP contribution in [0.1, 0.15) is 11.1 Å². The van der Waals surface area contributed by atoms with E-state index in [4.69, 9.17) is 21.4 Å². The van der Waals surface area contributed by atoms with Crippen molar-refractivity contribution < 1.29 is 14.6 Å². The predicted molar refractivity (Wildman–Crippen MR) is 157 cm³/mol. The number of hydrogen-bond donors (Lipinski definition) is 1. The highest BCUT2D eigenvalue weighted by Crippen LogP contribution is 2.36. The number of aliphatic carboxylic acids is 1. The summed E-state index contributed by atoms with van der Waals surface area (Å²) >= 11 is 13.2. The summed E-state index contributed by atoms with van der Waals surface area (Å²) in [5.41, 5.74) is 5.70. The van der Waals surface area contributed by atoms with Crippen LogP contribution in [0.25, 0.3) is 28.2 Å². The van der Waals surface area contributed by atoms with Gasteiger partial charge >= 0.3 is 5.97 Å². The molecule has 5 rings (SSSR count). The van der Waals surface area contributed by atoms with E-state index in [-0.39, 0.29) is 6.42 Å². The van der Waals surface area contributed by atoms with E-state index in [1.807, 2.05) is 89.6 Å². The molecule has 8 heteroatoms. The van der Waals surface area contributed by atoms with E-state index in [9.17, 15) is 9.90 Å². The molecule has 0 aliphatic carbocycles. The average molecular weight is 653 g/mol. The van der Waals surface area contributed by atoms with E-state index in [0.29, 0.717) is 34.2 Å². The van der Waals surface area contributed by atoms with Crippen LogP contribution < -0.4 is 4.74 Å². The highest BCUT2D eigenvalue weighted by atomic mass is 79.9. The van der Waals surface area contributed by atoms with Crippen LogP contribution in [-0.4, -0.2) is 20.9 Å². The Morgan fingerprint density at radius 2 is 1.66 bits per heavy atom. The molecule has 5 nitrogen and oxygen atoms in total. The van der Waals surface area contributed by atoms with Gasteiger partial charge < -0.3 is 9.84 Å².